The summed E-state index contributed by atoms with van der Waals surface area (Å²) in [5, 5.41) is 0. The van der Waals surface area contributed by atoms with E-state index in [1.165, 1.54) is 0 Å². The minimum absolute atomic E-state index is 0.125. The van der Waals surface area contributed by atoms with Crippen LogP contribution in [-0.4, -0.2) is 18.6 Å². The molecule has 0 fully saturated rings. The summed E-state index contributed by atoms with van der Waals surface area (Å²) in [4.78, 5) is 23.9. The highest BCUT2D eigenvalue weighted by molar-refractivity contribution is 5.97. The van der Waals surface area contributed by atoms with Gasteiger partial charge in [0.05, 0.1) is 12.2 Å². The molecule has 2 aromatic rings. The summed E-state index contributed by atoms with van der Waals surface area (Å²) in [6.07, 6.45) is -0.735. The van der Waals surface area contributed by atoms with Crippen LogP contribution in [0.15, 0.2) is 42.5 Å². The van der Waals surface area contributed by atoms with Crippen molar-refractivity contribution in [1.82, 2.24) is 10.9 Å². The number of hydrogen-bond acceptors (Lipinski definition) is 4. The second-order valence-corrected chi connectivity index (χ2v) is 5.58. The molecule has 6 nitrogen and oxygen atoms in total. The topological polar surface area (TPSA) is 76.7 Å². The SMILES string of the molecule is CCOc1ccccc1C(=O)NNC(=O)OCc1cc(C)cc(C)c1. The molecule has 0 saturated heterocycles. The van der Waals surface area contributed by atoms with Crippen molar-refractivity contribution in [3.05, 3.63) is 64.7 Å². The monoisotopic (exact) mass is 342 g/mol. The lowest BCUT2D eigenvalue weighted by Gasteiger charge is -2.11. The Morgan fingerprint density at radius 3 is 2.36 bits per heavy atom. The summed E-state index contributed by atoms with van der Waals surface area (Å²) < 4.78 is 10.5. The first-order valence-corrected chi connectivity index (χ1v) is 8.01. The molecule has 2 N–H and O–H groups in total. The highest BCUT2D eigenvalue weighted by Gasteiger charge is 2.13. The van der Waals surface area contributed by atoms with Crippen LogP contribution in [0, 0.1) is 13.8 Å². The van der Waals surface area contributed by atoms with Gasteiger partial charge in [-0.1, -0.05) is 41.5 Å². The third-order valence-electron chi connectivity index (χ3n) is 3.36. The number of hydrogen-bond donors (Lipinski definition) is 2. The van der Waals surface area contributed by atoms with Gasteiger partial charge in [-0.15, -0.1) is 0 Å². The summed E-state index contributed by atoms with van der Waals surface area (Å²) in [5.74, 6) is -0.0275. The summed E-state index contributed by atoms with van der Waals surface area (Å²) in [6, 6.07) is 12.7. The van der Waals surface area contributed by atoms with Crippen LogP contribution in [0.25, 0.3) is 0 Å². The average Bonchev–Trinajstić information content (AvgIpc) is 2.58. The van der Waals surface area contributed by atoms with Crippen molar-refractivity contribution < 1.29 is 19.1 Å². The van der Waals surface area contributed by atoms with E-state index < -0.39 is 12.0 Å². The second kappa shape index (κ2) is 8.73. The molecule has 0 aliphatic rings. The van der Waals surface area contributed by atoms with E-state index in [4.69, 9.17) is 9.47 Å². The van der Waals surface area contributed by atoms with E-state index in [1.807, 2.05) is 39.0 Å². The lowest BCUT2D eigenvalue weighted by atomic mass is 10.1. The molecule has 0 unspecified atom stereocenters. The molecule has 0 aliphatic carbocycles. The van der Waals surface area contributed by atoms with Crippen LogP contribution in [0.1, 0.15) is 34.0 Å². The van der Waals surface area contributed by atoms with E-state index in [-0.39, 0.29) is 6.61 Å². The van der Waals surface area contributed by atoms with Gasteiger partial charge in [0, 0.05) is 0 Å². The van der Waals surface area contributed by atoms with Crippen LogP contribution in [0.3, 0.4) is 0 Å². The lowest BCUT2D eigenvalue weighted by molar-refractivity contribution is 0.0901. The van der Waals surface area contributed by atoms with Gasteiger partial charge in [-0.05, 0) is 38.5 Å². The molecule has 0 radical (unpaired) electrons. The molecule has 0 bridgehead atoms. The number of benzene rings is 2. The number of carbonyl (C=O) groups is 2. The van der Waals surface area contributed by atoms with Gasteiger partial charge in [-0.25, -0.2) is 10.2 Å². The quantitative estimate of drug-likeness (QED) is 0.818. The number of hydrazine groups is 1. The highest BCUT2D eigenvalue weighted by Crippen LogP contribution is 2.17. The second-order valence-electron chi connectivity index (χ2n) is 5.58. The van der Waals surface area contributed by atoms with Gasteiger partial charge in [0.2, 0.25) is 0 Å². The third kappa shape index (κ3) is 5.53. The van der Waals surface area contributed by atoms with Gasteiger partial charge >= 0.3 is 6.09 Å². The molecule has 6 heteroatoms. The first kappa shape index (κ1) is 18.3. The molecule has 0 saturated carbocycles. The van der Waals surface area contributed by atoms with E-state index in [0.29, 0.717) is 17.9 Å². The number of para-hydroxylation sites is 1. The molecule has 0 atom stereocenters. The maximum Gasteiger partial charge on any atom is 0.426 e. The molecule has 2 amide bonds. The van der Waals surface area contributed by atoms with Gasteiger partial charge in [0.25, 0.3) is 5.91 Å². The Morgan fingerprint density at radius 1 is 1.00 bits per heavy atom. The van der Waals surface area contributed by atoms with Crippen molar-refractivity contribution in [3.8, 4) is 5.75 Å². The van der Waals surface area contributed by atoms with Crippen LogP contribution in [0.5, 0.6) is 5.75 Å². The number of nitrogens with one attached hydrogen (secondary N) is 2. The van der Waals surface area contributed by atoms with Crippen LogP contribution in [0.2, 0.25) is 0 Å². The Morgan fingerprint density at radius 2 is 1.68 bits per heavy atom. The maximum atomic E-state index is 12.1. The highest BCUT2D eigenvalue weighted by atomic mass is 16.6. The summed E-state index contributed by atoms with van der Waals surface area (Å²) in [7, 11) is 0. The van der Waals surface area contributed by atoms with E-state index >= 15 is 0 Å². The minimum atomic E-state index is -0.735. The molecule has 0 heterocycles. The smallest absolute Gasteiger partial charge is 0.426 e. The van der Waals surface area contributed by atoms with Crippen LogP contribution in [0.4, 0.5) is 4.79 Å². The molecular weight excluding hydrogens is 320 g/mol. The number of carbonyl (C=O) groups excluding carboxylic acids is 2. The first-order chi connectivity index (χ1) is 12.0. The molecule has 25 heavy (non-hydrogen) atoms. The Kier molecular flexibility index (Phi) is 6.39. The molecular formula is C19H22N2O4. The molecule has 2 aromatic carbocycles. The average molecular weight is 342 g/mol. The molecule has 0 aliphatic heterocycles. The van der Waals surface area contributed by atoms with Gasteiger partial charge in [0.1, 0.15) is 12.4 Å². The zero-order valence-electron chi connectivity index (χ0n) is 14.6. The number of ether oxygens (including phenoxy) is 2. The summed E-state index contributed by atoms with van der Waals surface area (Å²) >= 11 is 0. The summed E-state index contributed by atoms with van der Waals surface area (Å²) in [5.41, 5.74) is 7.96. The van der Waals surface area contributed by atoms with Crippen molar-refractivity contribution in [1.29, 1.82) is 0 Å². The fraction of sp³-hybridized carbons (Fsp3) is 0.263. The van der Waals surface area contributed by atoms with Crippen molar-refractivity contribution in [3.63, 3.8) is 0 Å². The van der Waals surface area contributed by atoms with Crippen LogP contribution < -0.4 is 15.6 Å². The zero-order valence-corrected chi connectivity index (χ0v) is 14.6. The van der Waals surface area contributed by atoms with Crippen molar-refractivity contribution in [2.45, 2.75) is 27.4 Å². The van der Waals surface area contributed by atoms with E-state index in [9.17, 15) is 9.59 Å². The van der Waals surface area contributed by atoms with Crippen molar-refractivity contribution >= 4 is 12.0 Å². The first-order valence-electron chi connectivity index (χ1n) is 8.01. The van der Waals surface area contributed by atoms with Gasteiger partial charge < -0.3 is 9.47 Å². The molecule has 0 aromatic heterocycles. The Hall–Kier alpha value is -3.02. The lowest BCUT2D eigenvalue weighted by Crippen LogP contribution is -2.42. The van der Waals surface area contributed by atoms with Crippen molar-refractivity contribution in [2.75, 3.05) is 6.61 Å². The van der Waals surface area contributed by atoms with Gasteiger partial charge in [-0.3, -0.25) is 10.2 Å². The summed E-state index contributed by atoms with van der Waals surface area (Å²) in [6.45, 7) is 6.35. The largest absolute Gasteiger partial charge is 0.493 e. The predicted octanol–water partition coefficient (Wildman–Crippen LogP) is 3.27. The third-order valence-corrected chi connectivity index (χ3v) is 3.36. The zero-order chi connectivity index (χ0) is 18.2. The van der Waals surface area contributed by atoms with Gasteiger partial charge in [-0.2, -0.15) is 0 Å². The predicted molar refractivity (Wildman–Crippen MR) is 94.3 cm³/mol. The number of rotatable bonds is 5. The Labute approximate surface area is 147 Å². The number of amides is 2. The van der Waals surface area contributed by atoms with E-state index in [0.717, 1.165) is 16.7 Å². The Balaban J connectivity index is 1.86. The van der Waals surface area contributed by atoms with E-state index in [1.54, 1.807) is 24.3 Å². The van der Waals surface area contributed by atoms with Crippen LogP contribution in [-0.2, 0) is 11.3 Å². The standard InChI is InChI=1S/C19H22N2O4/c1-4-24-17-8-6-5-7-16(17)18(22)20-21-19(23)25-12-15-10-13(2)9-14(3)11-15/h5-11H,4,12H2,1-3H3,(H,20,22)(H,21,23). The number of aryl methyl sites for hydroxylation is 2. The van der Waals surface area contributed by atoms with Gasteiger partial charge in [0.15, 0.2) is 0 Å². The molecule has 2 rings (SSSR count). The van der Waals surface area contributed by atoms with Crippen LogP contribution >= 0.6 is 0 Å². The maximum absolute atomic E-state index is 12.1. The minimum Gasteiger partial charge on any atom is -0.493 e. The van der Waals surface area contributed by atoms with Crippen molar-refractivity contribution in [2.24, 2.45) is 0 Å². The van der Waals surface area contributed by atoms with E-state index in [2.05, 4.69) is 10.9 Å². The molecule has 132 valence electrons. The normalized spacial score (nSPS) is 10.0. The fourth-order valence-corrected chi connectivity index (χ4v) is 2.45. The molecule has 0 spiro atoms. The Bertz CT molecular complexity index is 739. The fourth-order valence-electron chi connectivity index (χ4n) is 2.45.